The van der Waals surface area contributed by atoms with Crippen LogP contribution in [0.1, 0.15) is 17.7 Å². The van der Waals surface area contributed by atoms with Crippen LogP contribution in [0.25, 0.3) is 5.78 Å². The molecule has 0 N–H and O–H groups in total. The number of fused-ring (bicyclic) bond motifs is 1. The largest absolute Gasteiger partial charge is 0.378 e. The number of aryl methyl sites for hydroxylation is 1. The molecule has 0 amide bonds. The number of hydrogen-bond donors (Lipinski definition) is 0. The molecule has 8 nitrogen and oxygen atoms in total. The number of aromatic nitrogens is 6. The van der Waals surface area contributed by atoms with E-state index in [-0.39, 0.29) is 0 Å². The predicted octanol–water partition coefficient (Wildman–Crippen LogP) is 1.07. The van der Waals surface area contributed by atoms with Gasteiger partial charge in [0.15, 0.2) is 0 Å². The summed E-state index contributed by atoms with van der Waals surface area (Å²) < 4.78 is 8.90. The van der Waals surface area contributed by atoms with Gasteiger partial charge in [-0.3, -0.25) is 4.68 Å². The Morgan fingerprint density at radius 2 is 2.25 bits per heavy atom. The van der Waals surface area contributed by atoms with Crippen molar-refractivity contribution in [1.82, 2.24) is 29.4 Å². The van der Waals surface area contributed by atoms with Crippen LogP contribution in [-0.4, -0.2) is 49.6 Å². The minimum Gasteiger partial charge on any atom is -0.378 e. The lowest BCUT2D eigenvalue weighted by Gasteiger charge is -2.19. The Labute approximate surface area is 140 Å². The lowest BCUT2D eigenvalue weighted by atomic mass is 10.0. The highest BCUT2D eigenvalue weighted by atomic mass is 16.5. The van der Waals surface area contributed by atoms with Crippen LogP contribution >= 0.6 is 0 Å². The van der Waals surface area contributed by atoms with Gasteiger partial charge in [-0.15, -0.1) is 0 Å². The van der Waals surface area contributed by atoms with Crippen molar-refractivity contribution in [3.05, 3.63) is 36.0 Å². The molecule has 1 aliphatic rings. The Balaban J connectivity index is 1.55. The first-order valence-electron chi connectivity index (χ1n) is 8.14. The molecule has 3 aromatic rings. The first-order valence-corrected chi connectivity index (χ1v) is 8.14. The maximum absolute atomic E-state index is 5.23. The van der Waals surface area contributed by atoms with Crippen molar-refractivity contribution in [3.63, 3.8) is 0 Å². The molecule has 1 unspecified atom stereocenters. The fraction of sp³-hybridized carbons (Fsp3) is 0.500. The number of methoxy groups -OCH3 is 1. The molecule has 1 atom stereocenters. The number of nitrogens with zero attached hydrogens (tertiary/aromatic N) is 7. The molecule has 3 aromatic heterocycles. The van der Waals surface area contributed by atoms with E-state index in [1.165, 1.54) is 5.56 Å². The van der Waals surface area contributed by atoms with Crippen LogP contribution in [-0.2, 0) is 24.8 Å². The Hall–Kier alpha value is -2.48. The molecule has 0 bridgehead atoms. The molecule has 126 valence electrons. The zero-order valence-electron chi connectivity index (χ0n) is 14.0. The summed E-state index contributed by atoms with van der Waals surface area (Å²) in [5, 5.41) is 8.58. The van der Waals surface area contributed by atoms with E-state index in [4.69, 9.17) is 4.74 Å². The molecule has 1 aliphatic heterocycles. The van der Waals surface area contributed by atoms with Gasteiger partial charge in [-0.1, -0.05) is 0 Å². The van der Waals surface area contributed by atoms with Crippen LogP contribution < -0.4 is 4.90 Å². The summed E-state index contributed by atoms with van der Waals surface area (Å²) >= 11 is 0. The van der Waals surface area contributed by atoms with Gasteiger partial charge in [0.05, 0.1) is 18.5 Å². The highest BCUT2D eigenvalue weighted by Gasteiger charge is 2.25. The third-order valence-corrected chi connectivity index (χ3v) is 4.47. The second-order valence-electron chi connectivity index (χ2n) is 6.34. The summed E-state index contributed by atoms with van der Waals surface area (Å²) in [6.07, 6.45) is 7.82. The van der Waals surface area contributed by atoms with Crippen LogP contribution in [0.4, 0.5) is 5.82 Å². The molecule has 1 fully saturated rings. The summed E-state index contributed by atoms with van der Waals surface area (Å²) in [4.78, 5) is 11.1. The van der Waals surface area contributed by atoms with Gasteiger partial charge in [0.1, 0.15) is 12.1 Å². The van der Waals surface area contributed by atoms with E-state index < -0.39 is 0 Å². The minimum atomic E-state index is 0.476. The smallest absolute Gasteiger partial charge is 0.254 e. The monoisotopic (exact) mass is 327 g/mol. The molecule has 4 heterocycles. The Morgan fingerprint density at radius 3 is 3.04 bits per heavy atom. The van der Waals surface area contributed by atoms with Crippen molar-refractivity contribution in [3.8, 4) is 0 Å². The van der Waals surface area contributed by atoms with E-state index >= 15 is 0 Å². The lowest BCUT2D eigenvalue weighted by molar-refractivity contribution is 0.181. The van der Waals surface area contributed by atoms with Crippen LogP contribution in [0.5, 0.6) is 0 Å². The summed E-state index contributed by atoms with van der Waals surface area (Å²) in [6.45, 7) is 2.49. The average molecular weight is 327 g/mol. The molecule has 0 spiro atoms. The number of ether oxygens (including phenoxy) is 1. The topological polar surface area (TPSA) is 73.4 Å². The minimum absolute atomic E-state index is 0.476. The van der Waals surface area contributed by atoms with Crippen molar-refractivity contribution in [2.45, 2.75) is 19.4 Å². The molecule has 0 saturated carbocycles. The van der Waals surface area contributed by atoms with E-state index in [0.717, 1.165) is 37.4 Å². The first kappa shape index (κ1) is 15.1. The first-order chi connectivity index (χ1) is 11.7. The van der Waals surface area contributed by atoms with E-state index in [1.807, 2.05) is 22.4 Å². The molecule has 0 aliphatic carbocycles. The maximum Gasteiger partial charge on any atom is 0.254 e. The molecular weight excluding hydrogens is 306 g/mol. The van der Waals surface area contributed by atoms with Crippen molar-refractivity contribution in [1.29, 1.82) is 0 Å². The van der Waals surface area contributed by atoms with Crippen LogP contribution in [0, 0.1) is 5.92 Å². The molecule has 1 saturated heterocycles. The Bertz CT molecular complexity index is 840. The van der Waals surface area contributed by atoms with Gasteiger partial charge in [0.25, 0.3) is 5.78 Å². The van der Waals surface area contributed by atoms with Crippen molar-refractivity contribution >= 4 is 11.6 Å². The number of rotatable bonds is 5. The summed E-state index contributed by atoms with van der Waals surface area (Å²) in [5.74, 6) is 2.28. The van der Waals surface area contributed by atoms with Gasteiger partial charge in [-0.25, -0.2) is 4.98 Å². The van der Waals surface area contributed by atoms with Gasteiger partial charge in [-0.05, 0) is 24.3 Å². The molecule has 24 heavy (non-hydrogen) atoms. The maximum atomic E-state index is 5.23. The average Bonchev–Trinajstić information content (AvgIpc) is 3.28. The van der Waals surface area contributed by atoms with E-state index in [2.05, 4.69) is 37.3 Å². The zero-order chi connectivity index (χ0) is 16.5. The second-order valence-corrected chi connectivity index (χ2v) is 6.34. The van der Waals surface area contributed by atoms with Gasteiger partial charge in [0.2, 0.25) is 0 Å². The SMILES string of the molecule is COCc1cc(N2CCC(Cc3cnn(C)c3)C2)n2ncnc2n1. The third kappa shape index (κ3) is 2.84. The van der Waals surface area contributed by atoms with Gasteiger partial charge in [-0.2, -0.15) is 19.7 Å². The summed E-state index contributed by atoms with van der Waals surface area (Å²) in [5.41, 5.74) is 2.17. The number of hydrogen-bond acceptors (Lipinski definition) is 6. The van der Waals surface area contributed by atoms with E-state index in [0.29, 0.717) is 18.3 Å². The second kappa shape index (κ2) is 6.20. The highest BCUT2D eigenvalue weighted by molar-refractivity contribution is 5.48. The van der Waals surface area contributed by atoms with Crippen molar-refractivity contribution < 1.29 is 4.74 Å². The third-order valence-electron chi connectivity index (χ3n) is 4.47. The van der Waals surface area contributed by atoms with Gasteiger partial charge >= 0.3 is 0 Å². The lowest BCUT2D eigenvalue weighted by Crippen LogP contribution is -2.23. The molecule has 0 aromatic carbocycles. The van der Waals surface area contributed by atoms with Crippen LogP contribution in [0.15, 0.2) is 24.8 Å². The van der Waals surface area contributed by atoms with Gasteiger partial charge < -0.3 is 9.64 Å². The quantitative estimate of drug-likeness (QED) is 0.698. The molecule has 4 rings (SSSR count). The fourth-order valence-corrected chi connectivity index (χ4v) is 3.41. The summed E-state index contributed by atoms with van der Waals surface area (Å²) in [7, 11) is 3.63. The molecule has 0 radical (unpaired) electrons. The molecular formula is C16H21N7O. The Morgan fingerprint density at radius 1 is 1.33 bits per heavy atom. The van der Waals surface area contributed by atoms with Crippen molar-refractivity contribution in [2.75, 3.05) is 25.1 Å². The fourth-order valence-electron chi connectivity index (χ4n) is 3.41. The van der Waals surface area contributed by atoms with E-state index in [9.17, 15) is 0 Å². The predicted molar refractivity (Wildman–Crippen MR) is 88.7 cm³/mol. The Kier molecular flexibility index (Phi) is 3.89. The molecule has 8 heteroatoms. The zero-order valence-corrected chi connectivity index (χ0v) is 14.0. The standard InChI is InChI=1S/C16H21N7O/c1-21-8-13(7-18-21)5-12-3-4-22(9-12)15-6-14(10-24-2)20-16-17-11-19-23(15)16/h6-8,11-12H,3-5,9-10H2,1-2H3. The summed E-state index contributed by atoms with van der Waals surface area (Å²) in [6, 6.07) is 2.05. The number of anilines is 1. The highest BCUT2D eigenvalue weighted by Crippen LogP contribution is 2.26. The normalized spacial score (nSPS) is 17.9. The van der Waals surface area contributed by atoms with Gasteiger partial charge in [0, 0.05) is 39.5 Å². The van der Waals surface area contributed by atoms with Crippen molar-refractivity contribution in [2.24, 2.45) is 13.0 Å². The van der Waals surface area contributed by atoms with Crippen LogP contribution in [0.3, 0.4) is 0 Å². The van der Waals surface area contributed by atoms with E-state index in [1.54, 1.807) is 13.4 Å². The van der Waals surface area contributed by atoms with Crippen LogP contribution in [0.2, 0.25) is 0 Å².